The Balaban J connectivity index is 2.42. The molecule has 1 aliphatic rings. The van der Waals surface area contributed by atoms with E-state index >= 15 is 0 Å². The quantitative estimate of drug-likeness (QED) is 0.274. The smallest absolute Gasteiger partial charge is 0.371 e. The predicted octanol–water partition coefficient (Wildman–Crippen LogP) is 0.445. The third-order valence-corrected chi connectivity index (χ3v) is 5.20. The van der Waals surface area contributed by atoms with Gasteiger partial charge in [0.2, 0.25) is 12.7 Å². The van der Waals surface area contributed by atoms with Crippen molar-refractivity contribution in [3.63, 3.8) is 0 Å². The molecule has 10 nitrogen and oxygen atoms in total. The molecule has 0 saturated carbocycles. The molecule has 0 aromatic carbocycles. The first-order chi connectivity index (χ1) is 13.7. The molecule has 12 heteroatoms. The third kappa shape index (κ3) is 10.2. The minimum Gasteiger partial charge on any atom is -0.463 e. The molecule has 29 heavy (non-hydrogen) atoms. The summed E-state index contributed by atoms with van der Waals surface area (Å²) in [4.78, 5) is 49.3. The lowest BCUT2D eigenvalue weighted by Gasteiger charge is -2.27. The van der Waals surface area contributed by atoms with Crippen LogP contribution in [0.15, 0.2) is 0 Å². The molecule has 0 aromatic heterocycles. The van der Waals surface area contributed by atoms with Crippen molar-refractivity contribution in [1.82, 2.24) is 10.2 Å². The summed E-state index contributed by atoms with van der Waals surface area (Å²) in [5, 5.41) is 1.75. The maximum atomic E-state index is 12.5. The monoisotopic (exact) mass is 452 g/mol. The van der Waals surface area contributed by atoms with E-state index in [1.807, 2.05) is 0 Å². The number of carbonyl (C=O) groups is 4. The van der Waals surface area contributed by atoms with Gasteiger partial charge in [-0.2, -0.15) is 12.6 Å². The number of thiol groups is 1. The first kappa shape index (κ1) is 25.5. The average molecular weight is 453 g/mol. The number of morpholine rings is 1. The van der Waals surface area contributed by atoms with Gasteiger partial charge in [0, 0.05) is 32.3 Å². The van der Waals surface area contributed by atoms with Crippen LogP contribution in [0.3, 0.4) is 0 Å². The Morgan fingerprint density at radius 1 is 1.17 bits per heavy atom. The largest absolute Gasteiger partial charge is 0.463 e. The minimum absolute atomic E-state index is 0.0414. The van der Waals surface area contributed by atoms with Crippen LogP contribution in [0.5, 0.6) is 0 Å². The maximum absolute atomic E-state index is 12.5. The molecule has 0 unspecified atom stereocenters. The van der Waals surface area contributed by atoms with Gasteiger partial charge >= 0.3 is 17.2 Å². The zero-order chi connectivity index (χ0) is 21.9. The van der Waals surface area contributed by atoms with Gasteiger partial charge in [0.05, 0.1) is 18.0 Å². The van der Waals surface area contributed by atoms with Crippen molar-refractivity contribution in [3.05, 3.63) is 0 Å². The number of rotatable bonds is 10. The summed E-state index contributed by atoms with van der Waals surface area (Å²) in [6.45, 7) is 7.28. The summed E-state index contributed by atoms with van der Waals surface area (Å²) < 4.78 is 18.5. The van der Waals surface area contributed by atoms with Gasteiger partial charge in [-0.05, 0) is 25.6 Å². The normalized spacial score (nSPS) is 15.9. The molecule has 0 spiro atoms. The Bertz CT molecular complexity index is 582. The molecule has 1 saturated heterocycles. The maximum Gasteiger partial charge on any atom is 0.371 e. The summed E-state index contributed by atoms with van der Waals surface area (Å²) in [7, 11) is 0. The number of thioether (sulfide) groups is 1. The van der Waals surface area contributed by atoms with Crippen LogP contribution in [0.25, 0.3) is 0 Å². The zero-order valence-corrected chi connectivity index (χ0v) is 18.5. The number of nitrogens with zero attached hydrogens (tertiary/aromatic N) is 1. The molecular weight excluding hydrogens is 424 g/mol. The van der Waals surface area contributed by atoms with Gasteiger partial charge in [0.15, 0.2) is 0 Å². The zero-order valence-electron chi connectivity index (χ0n) is 16.8. The van der Waals surface area contributed by atoms with E-state index in [2.05, 4.69) is 27.6 Å². The first-order valence-electron chi connectivity index (χ1n) is 9.03. The van der Waals surface area contributed by atoms with Gasteiger partial charge in [0.25, 0.3) is 0 Å². The summed E-state index contributed by atoms with van der Waals surface area (Å²) in [5.41, 5.74) is 0. The average Bonchev–Trinajstić information content (AvgIpc) is 2.65. The lowest BCUT2D eigenvalue weighted by molar-refractivity contribution is -0.148. The predicted molar refractivity (Wildman–Crippen MR) is 109 cm³/mol. The second kappa shape index (κ2) is 12.9. The van der Waals surface area contributed by atoms with Crippen LogP contribution >= 0.6 is 24.4 Å². The summed E-state index contributed by atoms with van der Waals surface area (Å²) in [6.07, 6.45) is 0. The summed E-state index contributed by atoms with van der Waals surface area (Å²) >= 11 is 4.70. The Hall–Kier alpha value is -1.50. The minimum atomic E-state index is -1.23. The molecule has 0 aromatic rings. The number of hydrogen-bond acceptors (Lipinski definition) is 11. The van der Waals surface area contributed by atoms with Crippen molar-refractivity contribution in [2.24, 2.45) is 0 Å². The molecule has 166 valence electrons. The second-order valence-electron chi connectivity index (χ2n) is 6.59. The van der Waals surface area contributed by atoms with E-state index in [9.17, 15) is 19.2 Å². The molecule has 1 amide bonds. The van der Waals surface area contributed by atoms with Crippen molar-refractivity contribution < 1.29 is 38.1 Å². The van der Waals surface area contributed by atoms with Gasteiger partial charge < -0.3 is 24.3 Å². The Morgan fingerprint density at radius 3 is 2.41 bits per heavy atom. The number of ether oxygens (including phenoxy) is 4. The van der Waals surface area contributed by atoms with E-state index in [0.717, 1.165) is 13.1 Å². The topological polar surface area (TPSA) is 120 Å². The van der Waals surface area contributed by atoms with Crippen molar-refractivity contribution in [1.29, 1.82) is 0 Å². The molecule has 0 radical (unpaired) electrons. The van der Waals surface area contributed by atoms with Crippen LogP contribution < -0.4 is 5.32 Å². The van der Waals surface area contributed by atoms with Crippen molar-refractivity contribution in [2.45, 2.75) is 31.6 Å². The van der Waals surface area contributed by atoms with E-state index in [0.29, 0.717) is 31.5 Å². The van der Waals surface area contributed by atoms with Gasteiger partial charge in [-0.25, -0.2) is 9.59 Å². The van der Waals surface area contributed by atoms with Crippen LogP contribution in [-0.2, 0) is 33.3 Å². The van der Waals surface area contributed by atoms with E-state index in [4.69, 9.17) is 14.2 Å². The van der Waals surface area contributed by atoms with Crippen molar-refractivity contribution >= 4 is 47.5 Å². The fraction of sp³-hybridized carbons (Fsp3) is 0.765. The molecule has 1 atom stereocenters. The van der Waals surface area contributed by atoms with E-state index in [1.165, 1.54) is 20.8 Å². The molecule has 0 aliphatic carbocycles. The van der Waals surface area contributed by atoms with Crippen molar-refractivity contribution in [2.75, 3.05) is 52.0 Å². The number of hydrogen-bond donors (Lipinski definition) is 2. The van der Waals surface area contributed by atoms with Crippen LogP contribution in [0.2, 0.25) is 0 Å². The van der Waals surface area contributed by atoms with Gasteiger partial charge in [-0.3, -0.25) is 14.5 Å². The fourth-order valence-corrected chi connectivity index (χ4v) is 3.07. The molecule has 1 N–H and O–H groups in total. The Kier molecular flexibility index (Phi) is 11.4. The lowest BCUT2D eigenvalue weighted by atomic mass is 10.2. The van der Waals surface area contributed by atoms with Crippen LogP contribution in [0.1, 0.15) is 20.8 Å². The highest BCUT2D eigenvalue weighted by Crippen LogP contribution is 2.26. The van der Waals surface area contributed by atoms with E-state index in [1.54, 1.807) is 0 Å². The number of nitrogens with one attached hydrogen (secondary N) is 1. The highest BCUT2D eigenvalue weighted by Gasteiger charge is 2.35. The standard InChI is InChI=1S/C17H28N2O8S2/c1-12(20)26-11-27-16(23)29-17(2,3)15(22)18-13(10-28)14(21)25-9-6-19-4-7-24-8-5-19/h13,28H,4-11H2,1-3H3,(H,18,22)/t13-/m0/s1. The van der Waals surface area contributed by atoms with Crippen molar-refractivity contribution in [3.8, 4) is 0 Å². The van der Waals surface area contributed by atoms with E-state index < -0.39 is 40.7 Å². The highest BCUT2D eigenvalue weighted by molar-refractivity contribution is 8.15. The third-order valence-electron chi connectivity index (χ3n) is 3.85. The van der Waals surface area contributed by atoms with Gasteiger partial charge in [0.1, 0.15) is 12.6 Å². The molecule has 0 bridgehead atoms. The number of esters is 2. The molecule has 1 heterocycles. The molecular formula is C17H28N2O8S2. The lowest BCUT2D eigenvalue weighted by Crippen LogP contribution is -2.50. The SMILES string of the molecule is CC(=O)OCOC(=O)SC(C)(C)C(=O)N[C@@H](CS)C(=O)OCCN1CCOCC1. The van der Waals surface area contributed by atoms with Gasteiger partial charge in [-0.1, -0.05) is 0 Å². The number of amides is 1. The molecule has 1 aliphatic heterocycles. The Labute approximate surface area is 179 Å². The molecule has 1 fully saturated rings. The van der Waals surface area contributed by atoms with Crippen LogP contribution in [-0.4, -0.2) is 90.8 Å². The Morgan fingerprint density at radius 2 is 1.83 bits per heavy atom. The summed E-state index contributed by atoms with van der Waals surface area (Å²) in [6, 6.07) is -0.951. The second-order valence-corrected chi connectivity index (χ2v) is 8.51. The van der Waals surface area contributed by atoms with E-state index in [-0.39, 0.29) is 12.4 Å². The van der Waals surface area contributed by atoms with Crippen LogP contribution in [0.4, 0.5) is 4.79 Å². The fourth-order valence-electron chi connectivity index (χ4n) is 2.16. The molecule has 1 rings (SSSR count). The number of carbonyl (C=O) groups excluding carboxylic acids is 4. The summed E-state index contributed by atoms with van der Waals surface area (Å²) in [5.74, 6) is -1.71. The highest BCUT2D eigenvalue weighted by atomic mass is 32.2. The van der Waals surface area contributed by atoms with Gasteiger partial charge in [-0.15, -0.1) is 0 Å². The van der Waals surface area contributed by atoms with Crippen LogP contribution in [0, 0.1) is 0 Å². The first-order valence-corrected chi connectivity index (χ1v) is 10.5.